The smallest absolute Gasteiger partial charge is 0.407 e. The minimum Gasteiger partial charge on any atom is -0.469 e. The van der Waals surface area contributed by atoms with Gasteiger partial charge in [0.25, 0.3) is 0 Å². The van der Waals surface area contributed by atoms with E-state index in [1.807, 2.05) is 42.5 Å². The maximum absolute atomic E-state index is 12.3. The zero-order valence-electron chi connectivity index (χ0n) is 16.0. The molecule has 0 bridgehead atoms. The molecule has 5 nitrogen and oxygen atoms in total. The summed E-state index contributed by atoms with van der Waals surface area (Å²) in [6.07, 6.45) is -0.0462. The van der Waals surface area contributed by atoms with Crippen LogP contribution in [0.3, 0.4) is 0 Å². The Morgan fingerprint density at radius 2 is 1.73 bits per heavy atom. The number of hydrogen-bond acceptors (Lipinski definition) is 4. The van der Waals surface area contributed by atoms with Gasteiger partial charge in [-0.05, 0) is 50.5 Å². The van der Waals surface area contributed by atoms with Gasteiger partial charge >= 0.3 is 12.1 Å². The van der Waals surface area contributed by atoms with Gasteiger partial charge < -0.3 is 14.8 Å². The SMILES string of the molecule is COC(=O)[C@H](C)[C@H](Cc1cccc2ccccc12)NC(=O)OC(C)(C)C. The van der Waals surface area contributed by atoms with Crippen LogP contribution in [0.1, 0.15) is 33.3 Å². The van der Waals surface area contributed by atoms with Crippen molar-refractivity contribution in [2.45, 2.75) is 45.8 Å². The second-order valence-electron chi connectivity index (χ2n) is 7.41. The van der Waals surface area contributed by atoms with E-state index >= 15 is 0 Å². The summed E-state index contributed by atoms with van der Waals surface area (Å²) in [6.45, 7) is 7.15. The van der Waals surface area contributed by atoms with Crippen LogP contribution in [0.25, 0.3) is 10.8 Å². The summed E-state index contributed by atoms with van der Waals surface area (Å²) in [7, 11) is 1.35. The molecule has 26 heavy (non-hydrogen) atoms. The Labute approximate surface area is 154 Å². The van der Waals surface area contributed by atoms with Crippen LogP contribution in [0.15, 0.2) is 42.5 Å². The summed E-state index contributed by atoms with van der Waals surface area (Å²) in [5, 5.41) is 5.06. The van der Waals surface area contributed by atoms with Crippen LogP contribution >= 0.6 is 0 Å². The van der Waals surface area contributed by atoms with Crippen LogP contribution in [0, 0.1) is 5.92 Å². The first-order valence-electron chi connectivity index (χ1n) is 8.75. The lowest BCUT2D eigenvalue weighted by molar-refractivity contribution is -0.145. The molecule has 0 aliphatic heterocycles. The Morgan fingerprint density at radius 3 is 2.38 bits per heavy atom. The number of benzene rings is 2. The van der Waals surface area contributed by atoms with E-state index in [0.29, 0.717) is 6.42 Å². The fraction of sp³-hybridized carbons (Fsp3) is 0.429. The molecule has 0 saturated heterocycles. The summed E-state index contributed by atoms with van der Waals surface area (Å²) < 4.78 is 10.2. The highest BCUT2D eigenvalue weighted by Crippen LogP contribution is 2.22. The van der Waals surface area contributed by atoms with Gasteiger partial charge in [-0.25, -0.2) is 4.79 Å². The zero-order valence-corrected chi connectivity index (χ0v) is 16.0. The molecule has 0 aliphatic rings. The lowest BCUT2D eigenvalue weighted by atomic mass is 9.92. The van der Waals surface area contributed by atoms with Gasteiger partial charge in [-0.2, -0.15) is 0 Å². The Bertz CT molecular complexity index is 774. The zero-order chi connectivity index (χ0) is 19.3. The Morgan fingerprint density at radius 1 is 1.08 bits per heavy atom. The fourth-order valence-corrected chi connectivity index (χ4v) is 2.87. The number of alkyl carbamates (subject to hydrolysis) is 1. The first-order valence-corrected chi connectivity index (χ1v) is 8.75. The molecule has 2 atom stereocenters. The van der Waals surface area contributed by atoms with Gasteiger partial charge in [0, 0.05) is 6.04 Å². The number of esters is 1. The largest absolute Gasteiger partial charge is 0.469 e. The molecule has 0 fully saturated rings. The molecular formula is C21H27NO4. The van der Waals surface area contributed by atoms with E-state index in [-0.39, 0.29) is 5.97 Å². The van der Waals surface area contributed by atoms with Crippen LogP contribution < -0.4 is 5.32 Å². The number of rotatable bonds is 5. The van der Waals surface area contributed by atoms with Crippen LogP contribution in [0.4, 0.5) is 4.79 Å². The summed E-state index contributed by atoms with van der Waals surface area (Å²) in [6, 6.07) is 13.6. The van der Waals surface area contributed by atoms with Crippen molar-refractivity contribution in [2.24, 2.45) is 5.92 Å². The topological polar surface area (TPSA) is 64.6 Å². The molecule has 140 valence electrons. The molecule has 0 radical (unpaired) electrons. The number of hydrogen-bond donors (Lipinski definition) is 1. The van der Waals surface area contributed by atoms with Crippen molar-refractivity contribution in [3.05, 3.63) is 48.0 Å². The van der Waals surface area contributed by atoms with Crippen LogP contribution in [0.5, 0.6) is 0 Å². The third-order valence-corrected chi connectivity index (χ3v) is 4.20. The number of carbonyl (C=O) groups is 2. The summed E-state index contributed by atoms with van der Waals surface area (Å²) in [5.74, 6) is -0.877. The van der Waals surface area contributed by atoms with Crippen molar-refractivity contribution < 1.29 is 19.1 Å². The van der Waals surface area contributed by atoms with Gasteiger partial charge in [0.2, 0.25) is 0 Å². The molecule has 1 N–H and O–H groups in total. The first-order chi connectivity index (χ1) is 12.2. The van der Waals surface area contributed by atoms with E-state index < -0.39 is 23.7 Å². The van der Waals surface area contributed by atoms with Crippen LogP contribution in [-0.2, 0) is 20.7 Å². The second kappa shape index (κ2) is 8.21. The predicted octanol–water partition coefficient (Wildman–Crippen LogP) is 4.08. The highest BCUT2D eigenvalue weighted by molar-refractivity contribution is 5.86. The quantitative estimate of drug-likeness (QED) is 0.819. The molecule has 0 saturated carbocycles. The number of fused-ring (bicyclic) bond motifs is 1. The average molecular weight is 357 g/mol. The molecule has 0 aromatic heterocycles. The number of carbonyl (C=O) groups excluding carboxylic acids is 2. The van der Waals surface area contributed by atoms with E-state index in [1.165, 1.54) is 7.11 Å². The average Bonchev–Trinajstić information content (AvgIpc) is 2.58. The molecule has 0 heterocycles. The van der Waals surface area contributed by atoms with Gasteiger partial charge in [-0.15, -0.1) is 0 Å². The lowest BCUT2D eigenvalue weighted by Crippen LogP contribution is -2.46. The van der Waals surface area contributed by atoms with E-state index in [0.717, 1.165) is 16.3 Å². The van der Waals surface area contributed by atoms with Crippen molar-refractivity contribution in [3.63, 3.8) is 0 Å². The highest BCUT2D eigenvalue weighted by atomic mass is 16.6. The fourth-order valence-electron chi connectivity index (χ4n) is 2.87. The molecule has 2 aromatic carbocycles. The van der Waals surface area contributed by atoms with Gasteiger partial charge in [-0.1, -0.05) is 42.5 Å². The normalized spacial score (nSPS) is 13.7. The molecule has 0 unspecified atom stereocenters. The molecule has 0 spiro atoms. The van der Waals surface area contributed by atoms with Crippen molar-refractivity contribution >= 4 is 22.8 Å². The monoisotopic (exact) mass is 357 g/mol. The van der Waals surface area contributed by atoms with Gasteiger partial charge in [0.15, 0.2) is 0 Å². The predicted molar refractivity (Wildman–Crippen MR) is 102 cm³/mol. The molecular weight excluding hydrogens is 330 g/mol. The standard InChI is InChI=1S/C21H27NO4/c1-14(19(23)25-5)18(22-20(24)26-21(2,3)4)13-16-11-8-10-15-9-6-7-12-17(15)16/h6-12,14,18H,13H2,1-5H3,(H,22,24)/t14-,18+/m1/s1. The van der Waals surface area contributed by atoms with Crippen molar-refractivity contribution in [1.29, 1.82) is 0 Å². The summed E-state index contributed by atoms with van der Waals surface area (Å²) >= 11 is 0. The van der Waals surface area contributed by atoms with Crippen LogP contribution in [0.2, 0.25) is 0 Å². The third kappa shape index (κ3) is 5.22. The lowest BCUT2D eigenvalue weighted by Gasteiger charge is -2.26. The maximum atomic E-state index is 12.3. The number of methoxy groups -OCH3 is 1. The first kappa shape index (κ1) is 19.8. The molecule has 2 rings (SSSR count). The minimum absolute atomic E-state index is 0.369. The summed E-state index contributed by atoms with van der Waals surface area (Å²) in [4.78, 5) is 24.3. The Balaban J connectivity index is 2.28. The highest BCUT2D eigenvalue weighted by Gasteiger charge is 2.29. The van der Waals surface area contributed by atoms with Gasteiger partial charge in [-0.3, -0.25) is 4.79 Å². The number of amides is 1. The summed E-state index contributed by atoms with van der Waals surface area (Å²) in [5.41, 5.74) is 0.447. The molecule has 2 aromatic rings. The molecule has 1 amide bonds. The van der Waals surface area contributed by atoms with Crippen molar-refractivity contribution in [3.8, 4) is 0 Å². The second-order valence-corrected chi connectivity index (χ2v) is 7.41. The molecule has 5 heteroatoms. The van der Waals surface area contributed by atoms with Crippen molar-refractivity contribution in [2.75, 3.05) is 7.11 Å². The Kier molecular flexibility index (Phi) is 6.24. The van der Waals surface area contributed by atoms with Crippen LogP contribution in [-0.4, -0.2) is 30.8 Å². The number of nitrogens with one attached hydrogen (secondary N) is 1. The molecule has 0 aliphatic carbocycles. The maximum Gasteiger partial charge on any atom is 0.407 e. The van der Waals surface area contributed by atoms with E-state index in [1.54, 1.807) is 27.7 Å². The van der Waals surface area contributed by atoms with Crippen molar-refractivity contribution in [1.82, 2.24) is 5.32 Å². The third-order valence-electron chi connectivity index (χ3n) is 4.20. The van der Waals surface area contributed by atoms with E-state index in [2.05, 4.69) is 5.32 Å². The number of ether oxygens (including phenoxy) is 2. The van der Waals surface area contributed by atoms with Gasteiger partial charge in [0.1, 0.15) is 5.60 Å². The van der Waals surface area contributed by atoms with Gasteiger partial charge in [0.05, 0.1) is 13.0 Å². The van der Waals surface area contributed by atoms with E-state index in [4.69, 9.17) is 9.47 Å². The van der Waals surface area contributed by atoms with E-state index in [9.17, 15) is 9.59 Å². The minimum atomic E-state index is -0.609. The Hall–Kier alpha value is -2.56.